The van der Waals surface area contributed by atoms with E-state index in [-0.39, 0.29) is 37.7 Å². The van der Waals surface area contributed by atoms with Gasteiger partial charge < -0.3 is 120 Å². The van der Waals surface area contributed by atoms with Gasteiger partial charge in [0.1, 0.15) is 97.7 Å². The van der Waals surface area contributed by atoms with Gasteiger partial charge in [-0.2, -0.15) is 0 Å². The van der Waals surface area contributed by atoms with Crippen LogP contribution in [0.15, 0.2) is 0 Å². The first-order valence-corrected chi connectivity index (χ1v) is 13.9. The maximum absolute atomic E-state index is 10.6. The predicted molar refractivity (Wildman–Crippen MR) is 143 cm³/mol. The average Bonchev–Trinajstić information content (AvgIpc) is 3.07. The number of aliphatic carboxylic acids is 2. The van der Waals surface area contributed by atoms with Gasteiger partial charge in [-0.25, -0.2) is 0 Å². The first kappa shape index (κ1) is 48.4. The Morgan fingerprint density at radius 1 is 0.551 bits per heavy atom. The Labute approximate surface area is 305 Å². The molecule has 2 heterocycles. The number of aliphatic hydroxyl groups excluding tert-OH is 16. The fourth-order valence-electron chi connectivity index (χ4n) is 4.31. The number of hydrogen-bond acceptors (Lipinski definition) is 24. The monoisotopic (exact) mass is 754 g/mol. The molecule has 2 saturated heterocycles. The molecular weight excluding hydrogens is 712 g/mol. The summed E-state index contributed by atoms with van der Waals surface area (Å²) in [5, 5.41) is 173. The van der Waals surface area contributed by atoms with Crippen molar-refractivity contribution in [3.8, 4) is 0 Å². The van der Waals surface area contributed by atoms with E-state index in [1.165, 1.54) is 0 Å². The third-order valence-corrected chi connectivity index (χ3v) is 7.22. The molecule has 2 fully saturated rings. The summed E-state index contributed by atoms with van der Waals surface area (Å²) in [7, 11) is 0. The number of hydrogen-bond donors (Lipinski definition) is 16. The number of carbonyl (C=O) groups excluding carboxylic acids is 2. The van der Waals surface area contributed by atoms with E-state index >= 15 is 0 Å². The molecule has 2 aliphatic rings. The molecule has 49 heavy (non-hydrogen) atoms. The summed E-state index contributed by atoms with van der Waals surface area (Å²) in [5.41, 5.74) is 0. The Hall–Kier alpha value is -0.600. The summed E-state index contributed by atoms with van der Waals surface area (Å²) in [4.78, 5) is 21.2. The molecule has 0 bridgehead atoms. The van der Waals surface area contributed by atoms with E-state index in [9.17, 15) is 81.1 Å². The Bertz CT molecular complexity index is 888. The van der Waals surface area contributed by atoms with Crippen LogP contribution in [0, 0.1) is 0 Å². The number of carboxylic acids is 2. The summed E-state index contributed by atoms with van der Waals surface area (Å²) >= 11 is 0. The average molecular weight is 755 g/mol. The molecule has 0 aromatic rings. The van der Waals surface area contributed by atoms with Gasteiger partial charge in [0, 0.05) is 0 Å². The zero-order chi connectivity index (χ0) is 37.2. The van der Waals surface area contributed by atoms with Crippen LogP contribution in [0.4, 0.5) is 0 Å². The Balaban J connectivity index is 0.000000922. The van der Waals surface area contributed by atoms with E-state index in [1.54, 1.807) is 0 Å². The molecule has 2 aliphatic heterocycles. The van der Waals surface area contributed by atoms with Crippen molar-refractivity contribution in [2.75, 3.05) is 26.4 Å². The van der Waals surface area contributed by atoms with Crippen LogP contribution in [0.2, 0.25) is 0 Å². The number of aliphatic hydroxyl groups is 16. The molecule has 0 spiro atoms. The van der Waals surface area contributed by atoms with Crippen molar-refractivity contribution in [2.45, 2.75) is 110 Å². The molecule has 25 heteroatoms. The molecule has 284 valence electrons. The molecule has 18 atom stereocenters. The normalized spacial score (nSPS) is 35.2. The van der Waals surface area contributed by atoms with Gasteiger partial charge in [0.15, 0.2) is 12.6 Å². The Morgan fingerprint density at radius 2 is 0.837 bits per heavy atom. The molecule has 16 N–H and O–H groups in total. The molecule has 0 aromatic heterocycles. The summed E-state index contributed by atoms with van der Waals surface area (Å²) in [6.07, 6.45) is -34.5. The maximum atomic E-state index is 10.6. The van der Waals surface area contributed by atoms with Crippen molar-refractivity contribution in [3.05, 3.63) is 0 Å². The van der Waals surface area contributed by atoms with Crippen LogP contribution in [-0.2, 0) is 28.5 Å². The first-order chi connectivity index (χ1) is 22.3. The van der Waals surface area contributed by atoms with E-state index in [4.69, 9.17) is 39.4 Å². The van der Waals surface area contributed by atoms with Gasteiger partial charge in [-0.3, -0.25) is 0 Å². The zero-order valence-corrected chi connectivity index (χ0v) is 27.6. The van der Waals surface area contributed by atoms with Crippen molar-refractivity contribution >= 4 is 49.7 Å². The molecule has 24 nitrogen and oxygen atoms in total. The van der Waals surface area contributed by atoms with E-state index in [1.807, 2.05) is 0 Å². The second-order valence-corrected chi connectivity index (χ2v) is 10.6. The predicted octanol–water partition coefficient (Wildman–Crippen LogP) is -14.4. The third kappa shape index (κ3) is 12.8. The number of ether oxygens (including phenoxy) is 4. The van der Waals surface area contributed by atoms with E-state index in [0.717, 1.165) is 0 Å². The van der Waals surface area contributed by atoms with Crippen LogP contribution in [-0.4, -0.2) is 268 Å². The minimum absolute atomic E-state index is 0. The molecule has 0 radical (unpaired) electrons. The SMILES string of the molecule is O=C([O-])[C@H](O)[C@@H](O)[C@H](O[C@H]1O[C@H](CO)[C@@H](O)[C@H](O)[C@H]1O)[C@H](O)CO.O=C([O-])[C@H](O)[C@@H](O)[C@H](O[C@H]1O[C@H](CO)[C@@H](O)[C@H](O)[C@H]1O)[C@H](O)CO.[Ca+2]. The molecule has 0 amide bonds. The van der Waals surface area contributed by atoms with Crippen molar-refractivity contribution in [1.82, 2.24) is 0 Å². The minimum Gasteiger partial charge on any atom is -0.547 e. The smallest absolute Gasteiger partial charge is 0.547 e. The first-order valence-electron chi connectivity index (χ1n) is 13.9. The number of rotatable bonds is 16. The van der Waals surface area contributed by atoms with Gasteiger partial charge in [-0.1, -0.05) is 0 Å². The molecular formula is C24H42CaO24. The molecule has 0 aliphatic carbocycles. The Morgan fingerprint density at radius 3 is 1.06 bits per heavy atom. The quantitative estimate of drug-likeness (QED) is 0.0650. The third-order valence-electron chi connectivity index (χ3n) is 7.22. The zero-order valence-electron chi connectivity index (χ0n) is 25.3. The largest absolute Gasteiger partial charge is 2.00 e. The van der Waals surface area contributed by atoms with E-state index in [0.29, 0.717) is 0 Å². The van der Waals surface area contributed by atoms with Gasteiger partial charge in [0.2, 0.25) is 0 Å². The summed E-state index contributed by atoms with van der Waals surface area (Å²) in [6, 6.07) is 0. The summed E-state index contributed by atoms with van der Waals surface area (Å²) in [5.74, 6) is -4.18. The van der Waals surface area contributed by atoms with Crippen LogP contribution in [0.5, 0.6) is 0 Å². The maximum Gasteiger partial charge on any atom is 2.00 e. The number of carbonyl (C=O) groups is 2. The summed E-state index contributed by atoms with van der Waals surface area (Å²) < 4.78 is 19.9. The Kier molecular flexibility index (Phi) is 22.2. The molecule has 0 saturated carbocycles. The molecule has 0 aromatic carbocycles. The van der Waals surface area contributed by atoms with Crippen molar-refractivity contribution in [3.63, 3.8) is 0 Å². The second-order valence-electron chi connectivity index (χ2n) is 10.6. The standard InChI is InChI=1S/2C12H22O12.Ca/c2*13-1-3(15)10(7(18)8(19)11(21)22)24-12-9(20)6(17)5(16)4(2-14)23-12;/h2*3-10,12-20H,1-2H2,(H,21,22);/q;;+2/p-2/t2*3-,4-,5-,6+,7-,8-,9-,10-,12-;/m11./s1. The van der Waals surface area contributed by atoms with Gasteiger partial charge in [-0.05, 0) is 0 Å². The minimum atomic E-state index is -2.50. The van der Waals surface area contributed by atoms with Crippen LogP contribution in [0.25, 0.3) is 0 Å². The van der Waals surface area contributed by atoms with Gasteiger partial charge in [0.05, 0.1) is 38.4 Å². The molecule has 0 unspecified atom stereocenters. The fourth-order valence-corrected chi connectivity index (χ4v) is 4.31. The van der Waals surface area contributed by atoms with Crippen LogP contribution in [0.3, 0.4) is 0 Å². The van der Waals surface area contributed by atoms with Crippen molar-refractivity contribution in [2.24, 2.45) is 0 Å². The van der Waals surface area contributed by atoms with E-state index < -0.39 is 149 Å². The van der Waals surface area contributed by atoms with E-state index in [2.05, 4.69) is 0 Å². The van der Waals surface area contributed by atoms with Crippen LogP contribution < -0.4 is 10.2 Å². The topological polar surface area (TPSA) is 441 Å². The van der Waals surface area contributed by atoms with Crippen LogP contribution >= 0.6 is 0 Å². The van der Waals surface area contributed by atoms with Gasteiger partial charge >= 0.3 is 37.7 Å². The van der Waals surface area contributed by atoms with Gasteiger partial charge in [0.25, 0.3) is 0 Å². The fraction of sp³-hybridized carbons (Fsp3) is 0.917. The number of carboxylic acid groups (broad SMARTS) is 2. The van der Waals surface area contributed by atoms with Crippen molar-refractivity contribution in [1.29, 1.82) is 0 Å². The van der Waals surface area contributed by atoms with Crippen molar-refractivity contribution < 1.29 is 120 Å². The van der Waals surface area contributed by atoms with Gasteiger partial charge in [-0.15, -0.1) is 0 Å². The second kappa shape index (κ2) is 22.5. The van der Waals surface area contributed by atoms with Crippen LogP contribution in [0.1, 0.15) is 0 Å². The molecule has 2 rings (SSSR count). The summed E-state index contributed by atoms with van der Waals surface area (Å²) in [6.45, 7) is -3.58.